The molecule has 0 radical (unpaired) electrons. The molecule has 0 saturated heterocycles. The van der Waals surface area contributed by atoms with Gasteiger partial charge in [0.25, 0.3) is 0 Å². The fourth-order valence-corrected chi connectivity index (χ4v) is 6.23. The predicted octanol–water partition coefficient (Wildman–Crippen LogP) is 4.38. The number of rotatable bonds is 3. The van der Waals surface area contributed by atoms with Crippen molar-refractivity contribution in [1.29, 1.82) is 0 Å². The van der Waals surface area contributed by atoms with Crippen LogP contribution in [0.5, 0.6) is 0 Å². The minimum Gasteiger partial charge on any atom is -0.0882 e. The van der Waals surface area contributed by atoms with Gasteiger partial charge >= 0.3 is 0 Å². The molecule has 0 aromatic heterocycles. The Bertz CT molecular complexity index is 846. The van der Waals surface area contributed by atoms with Crippen LogP contribution >= 0.6 is 0 Å². The van der Waals surface area contributed by atoms with Crippen LogP contribution in [0.4, 0.5) is 0 Å². The molecule has 0 amide bonds. The lowest BCUT2D eigenvalue weighted by Crippen LogP contribution is -2.28. The molecule has 0 aliphatic carbocycles. The minimum atomic E-state index is -1.31. The predicted molar refractivity (Wildman–Crippen MR) is 102 cm³/mol. The first-order chi connectivity index (χ1) is 11.4. The highest BCUT2D eigenvalue weighted by molar-refractivity contribution is 6.96. The Kier molecular flexibility index (Phi) is 3.79. The highest BCUT2D eigenvalue weighted by Crippen LogP contribution is 2.34. The normalized spacial score (nSPS) is 16.8. The third-order valence-electron chi connectivity index (χ3n) is 4.38. The number of hydrogen-bond acceptors (Lipinski definition) is 0. The molecule has 110 valence electrons. The van der Waals surface area contributed by atoms with Gasteiger partial charge in [-0.1, -0.05) is 108 Å². The Morgan fingerprint density at radius 2 is 1.04 bits per heavy atom. The van der Waals surface area contributed by atoms with Gasteiger partial charge < -0.3 is 0 Å². The molecule has 1 atom stereocenters. The van der Waals surface area contributed by atoms with Crippen molar-refractivity contribution in [2.75, 3.05) is 0 Å². The SMILES string of the molecule is C1=C[SiH](c2ccccc2)C(c2ccccc2)=C1c1ccccc1. The minimum absolute atomic E-state index is 1.31. The van der Waals surface area contributed by atoms with Gasteiger partial charge in [0.15, 0.2) is 0 Å². The first kappa shape index (κ1) is 14.0. The van der Waals surface area contributed by atoms with Crippen molar-refractivity contribution in [3.05, 3.63) is 114 Å². The van der Waals surface area contributed by atoms with E-state index in [1.807, 2.05) is 0 Å². The van der Waals surface area contributed by atoms with Crippen LogP contribution in [0.2, 0.25) is 0 Å². The molecule has 0 nitrogen and oxygen atoms in total. The highest BCUT2D eigenvalue weighted by Gasteiger charge is 2.25. The molecular weight excluding hydrogens is 292 g/mol. The standard InChI is InChI=1S/C22H18Si/c1-4-10-18(11-5-1)21-16-17-23(20-14-8-3-9-15-20)22(21)19-12-6-2-7-13-19/h1-17,23H. The maximum absolute atomic E-state index is 2.46. The van der Waals surface area contributed by atoms with Gasteiger partial charge in [-0.15, -0.1) is 0 Å². The van der Waals surface area contributed by atoms with Gasteiger partial charge in [0.1, 0.15) is 8.80 Å². The Labute approximate surface area is 139 Å². The van der Waals surface area contributed by atoms with Gasteiger partial charge in [0, 0.05) is 0 Å². The van der Waals surface area contributed by atoms with Gasteiger partial charge in [0.2, 0.25) is 0 Å². The number of hydrogen-bond donors (Lipinski definition) is 0. The second-order valence-corrected chi connectivity index (χ2v) is 8.39. The summed E-state index contributed by atoms with van der Waals surface area (Å²) in [7, 11) is -1.31. The van der Waals surface area contributed by atoms with Crippen molar-refractivity contribution in [3.63, 3.8) is 0 Å². The Morgan fingerprint density at radius 1 is 0.522 bits per heavy atom. The number of allylic oxidation sites excluding steroid dienone is 2. The lowest BCUT2D eigenvalue weighted by atomic mass is 10.0. The molecule has 1 aliphatic heterocycles. The summed E-state index contributed by atoms with van der Waals surface area (Å²) in [6.45, 7) is 0. The fraction of sp³-hybridized carbons (Fsp3) is 0. The van der Waals surface area contributed by atoms with E-state index in [0.717, 1.165) is 0 Å². The van der Waals surface area contributed by atoms with Crippen LogP contribution < -0.4 is 5.19 Å². The van der Waals surface area contributed by atoms with Crippen LogP contribution in [0, 0.1) is 0 Å². The second-order valence-electron chi connectivity index (χ2n) is 5.81. The molecule has 0 bridgehead atoms. The molecule has 1 heterocycles. The van der Waals surface area contributed by atoms with E-state index in [1.54, 1.807) is 0 Å². The van der Waals surface area contributed by atoms with Crippen molar-refractivity contribution >= 4 is 24.8 Å². The zero-order valence-electron chi connectivity index (χ0n) is 12.9. The van der Waals surface area contributed by atoms with E-state index in [4.69, 9.17) is 0 Å². The van der Waals surface area contributed by atoms with Crippen molar-refractivity contribution in [3.8, 4) is 0 Å². The average molecular weight is 310 g/mol. The van der Waals surface area contributed by atoms with Gasteiger partial charge in [-0.3, -0.25) is 0 Å². The third kappa shape index (κ3) is 2.71. The Balaban J connectivity index is 1.90. The van der Waals surface area contributed by atoms with Crippen LogP contribution in [0.25, 0.3) is 10.8 Å². The van der Waals surface area contributed by atoms with Crippen molar-refractivity contribution < 1.29 is 0 Å². The summed E-state index contributed by atoms with van der Waals surface area (Å²) in [5.74, 6) is 0. The smallest absolute Gasteiger partial charge is 0.0882 e. The van der Waals surface area contributed by atoms with Crippen molar-refractivity contribution in [2.45, 2.75) is 0 Å². The van der Waals surface area contributed by atoms with Gasteiger partial charge in [-0.05, 0) is 21.9 Å². The topological polar surface area (TPSA) is 0 Å². The van der Waals surface area contributed by atoms with E-state index in [1.165, 1.54) is 27.1 Å². The molecule has 0 saturated carbocycles. The summed E-state index contributed by atoms with van der Waals surface area (Å²) in [6.07, 6.45) is 2.33. The van der Waals surface area contributed by atoms with Crippen LogP contribution in [-0.4, -0.2) is 8.80 Å². The molecule has 1 heteroatoms. The monoisotopic (exact) mass is 310 g/mol. The highest BCUT2D eigenvalue weighted by atomic mass is 28.3. The Hall–Kier alpha value is -2.64. The van der Waals surface area contributed by atoms with Crippen molar-refractivity contribution in [1.82, 2.24) is 0 Å². The van der Waals surface area contributed by atoms with E-state index in [9.17, 15) is 0 Å². The maximum Gasteiger partial charge on any atom is 0.127 e. The van der Waals surface area contributed by atoms with Gasteiger partial charge in [-0.2, -0.15) is 0 Å². The van der Waals surface area contributed by atoms with E-state index >= 15 is 0 Å². The van der Waals surface area contributed by atoms with Crippen LogP contribution in [0.15, 0.2) is 103 Å². The summed E-state index contributed by atoms with van der Waals surface area (Å²) >= 11 is 0. The molecule has 4 rings (SSSR count). The molecule has 0 fully saturated rings. The lowest BCUT2D eigenvalue weighted by molar-refractivity contribution is 1.61. The molecule has 1 aliphatic rings. The molecule has 23 heavy (non-hydrogen) atoms. The molecule has 3 aromatic carbocycles. The van der Waals surface area contributed by atoms with E-state index in [-0.39, 0.29) is 0 Å². The van der Waals surface area contributed by atoms with E-state index < -0.39 is 8.80 Å². The van der Waals surface area contributed by atoms with E-state index in [0.29, 0.717) is 0 Å². The third-order valence-corrected chi connectivity index (χ3v) is 7.33. The molecule has 1 unspecified atom stereocenters. The van der Waals surface area contributed by atoms with Crippen LogP contribution in [0.1, 0.15) is 11.1 Å². The molecule has 0 N–H and O–H groups in total. The summed E-state index contributed by atoms with van der Waals surface area (Å²) in [5.41, 5.74) is 6.52. The van der Waals surface area contributed by atoms with Crippen LogP contribution in [0.3, 0.4) is 0 Å². The second kappa shape index (κ2) is 6.23. The first-order valence-electron chi connectivity index (χ1n) is 8.01. The van der Waals surface area contributed by atoms with E-state index in [2.05, 4.69) is 103 Å². The van der Waals surface area contributed by atoms with Gasteiger partial charge in [0.05, 0.1) is 0 Å². The fourth-order valence-electron chi connectivity index (χ4n) is 3.31. The molecule has 3 aromatic rings. The summed E-state index contributed by atoms with van der Waals surface area (Å²) in [4.78, 5) is 0. The quantitative estimate of drug-likeness (QED) is 0.630. The maximum atomic E-state index is 2.46. The average Bonchev–Trinajstić information content (AvgIpc) is 3.09. The zero-order chi connectivity index (χ0) is 15.5. The molecular formula is C22H18Si. The summed E-state index contributed by atoms with van der Waals surface area (Å²) in [5, 5.41) is 3.01. The Morgan fingerprint density at radius 3 is 1.65 bits per heavy atom. The molecule has 0 spiro atoms. The summed E-state index contributed by atoms with van der Waals surface area (Å²) in [6, 6.07) is 32.6. The zero-order valence-corrected chi connectivity index (χ0v) is 14.0. The van der Waals surface area contributed by atoms with Gasteiger partial charge in [-0.25, -0.2) is 0 Å². The van der Waals surface area contributed by atoms with Crippen LogP contribution in [-0.2, 0) is 0 Å². The largest absolute Gasteiger partial charge is 0.127 e. The van der Waals surface area contributed by atoms with Crippen molar-refractivity contribution in [2.24, 2.45) is 0 Å². The summed E-state index contributed by atoms with van der Waals surface area (Å²) < 4.78 is 0. The first-order valence-corrected chi connectivity index (χ1v) is 9.84. The lowest BCUT2D eigenvalue weighted by Gasteiger charge is -2.16. The number of benzene rings is 3.